The standard InChI is InChI=1S/C42H40O23/c43-20-6-1-18(2-7-20)3-10-31(50)58-16-27-34(53)35(54)37(56)41(63-27)62-26-13-23-24(60-39(26)19-4-8-21(44)9-5-19)11-22(45)12-25(23)61-42-38(57)36(55)40(65-33(52)15-30(48)49)28(64-42)17-59-32(51)14-29(46)47/h1-13,27-28,34-38,40-42,53-57H,14-17H2,(H4-,43,44,45,46,47,48,49,50)/p+1/t27-,28-,34-,35+,36-,37-,38-,40-,41-,42-/m1/s1. The van der Waals surface area contributed by atoms with Gasteiger partial charge in [-0.15, -0.1) is 0 Å². The molecule has 65 heavy (non-hydrogen) atoms. The fraction of sp³-hybridized carbons (Fsp3) is 0.333. The summed E-state index contributed by atoms with van der Waals surface area (Å²) < 4.78 is 44.8. The predicted molar refractivity (Wildman–Crippen MR) is 211 cm³/mol. The molecule has 0 radical (unpaired) electrons. The summed E-state index contributed by atoms with van der Waals surface area (Å²) in [4.78, 5) is 59.0. The first-order valence-electron chi connectivity index (χ1n) is 19.3. The number of carbonyl (C=O) groups excluding carboxylic acids is 3. The Morgan fingerprint density at radius 3 is 1.83 bits per heavy atom. The maximum absolute atomic E-state index is 12.5. The molecule has 2 aliphatic heterocycles. The molecule has 2 aliphatic rings. The molecular weight excluding hydrogens is 872 g/mol. The van der Waals surface area contributed by atoms with Crippen LogP contribution in [0, 0.1) is 0 Å². The number of aliphatic hydroxyl groups excluding tert-OH is 5. The van der Waals surface area contributed by atoms with E-state index in [4.69, 9.17) is 47.8 Å². The van der Waals surface area contributed by atoms with Gasteiger partial charge < -0.3 is 84.2 Å². The normalized spacial score (nSPS) is 25.4. The van der Waals surface area contributed by atoms with Crippen LogP contribution in [0.3, 0.4) is 0 Å². The number of aliphatic hydroxyl groups is 5. The smallest absolute Gasteiger partial charge is 0.402 e. The van der Waals surface area contributed by atoms with E-state index in [-0.39, 0.29) is 45.3 Å². The number of phenols is 3. The lowest BCUT2D eigenvalue weighted by Crippen LogP contribution is -2.61. The molecule has 3 heterocycles. The number of esters is 3. The maximum Gasteiger partial charge on any atom is 0.402 e. The van der Waals surface area contributed by atoms with Gasteiger partial charge in [-0.25, -0.2) is 9.21 Å². The number of carboxylic acid groups (broad SMARTS) is 2. The molecule has 0 amide bonds. The van der Waals surface area contributed by atoms with Crippen LogP contribution in [-0.4, -0.2) is 156 Å². The molecule has 6 rings (SSSR count). The highest BCUT2D eigenvalue weighted by Crippen LogP contribution is 2.42. The largest absolute Gasteiger partial charge is 0.508 e. The molecule has 3 aromatic carbocycles. The molecule has 2 saturated heterocycles. The van der Waals surface area contributed by atoms with Crippen molar-refractivity contribution in [3.8, 4) is 40.1 Å². The van der Waals surface area contributed by atoms with Crippen LogP contribution in [0.25, 0.3) is 28.4 Å². The number of benzene rings is 3. The van der Waals surface area contributed by atoms with Crippen molar-refractivity contribution in [2.45, 2.75) is 74.3 Å². The Morgan fingerprint density at radius 2 is 1.18 bits per heavy atom. The summed E-state index contributed by atoms with van der Waals surface area (Å²) in [6.07, 6.45) is -18.7. The molecule has 1 aromatic heterocycles. The Kier molecular flexibility index (Phi) is 15.0. The van der Waals surface area contributed by atoms with Crippen molar-refractivity contribution in [2.75, 3.05) is 13.2 Å². The third kappa shape index (κ3) is 11.9. The second-order valence-corrected chi connectivity index (χ2v) is 14.5. The quantitative estimate of drug-likeness (QED) is 0.0235. The van der Waals surface area contributed by atoms with E-state index >= 15 is 0 Å². The van der Waals surface area contributed by atoms with Gasteiger partial charge in [-0.1, -0.05) is 12.1 Å². The minimum atomic E-state index is -2.13. The van der Waals surface area contributed by atoms with Crippen LogP contribution in [0.2, 0.25) is 0 Å². The Morgan fingerprint density at radius 1 is 0.615 bits per heavy atom. The Hall–Kier alpha value is -7.12. The summed E-state index contributed by atoms with van der Waals surface area (Å²) >= 11 is 0. The monoisotopic (exact) mass is 913 g/mol. The number of aromatic hydroxyl groups is 3. The van der Waals surface area contributed by atoms with Crippen molar-refractivity contribution in [3.63, 3.8) is 0 Å². The highest BCUT2D eigenvalue weighted by molar-refractivity contribution is 5.91. The average Bonchev–Trinajstić information content (AvgIpc) is 3.25. The Bertz CT molecular complexity index is 2400. The molecule has 0 spiro atoms. The number of rotatable bonds is 16. The highest BCUT2D eigenvalue weighted by atomic mass is 16.7. The lowest BCUT2D eigenvalue weighted by atomic mass is 9.98. The third-order valence-corrected chi connectivity index (χ3v) is 9.69. The molecule has 10 N–H and O–H groups in total. The summed E-state index contributed by atoms with van der Waals surface area (Å²) in [5.74, 6) is -8.20. The van der Waals surface area contributed by atoms with Crippen molar-refractivity contribution in [2.24, 2.45) is 0 Å². The second-order valence-electron chi connectivity index (χ2n) is 14.5. The minimum Gasteiger partial charge on any atom is -0.508 e. The van der Waals surface area contributed by atoms with E-state index in [2.05, 4.69) is 0 Å². The number of phenolic OH excluding ortho intramolecular Hbond substituents is 3. The van der Waals surface area contributed by atoms with Gasteiger partial charge in [0, 0.05) is 18.2 Å². The maximum atomic E-state index is 12.5. The fourth-order valence-electron chi connectivity index (χ4n) is 6.48. The number of ether oxygens (including phenoxy) is 7. The van der Waals surface area contributed by atoms with Crippen LogP contribution in [0.5, 0.6) is 28.7 Å². The Balaban J connectivity index is 1.30. The topological polar surface area (TPSA) is 364 Å². The molecule has 10 atom stereocenters. The van der Waals surface area contributed by atoms with Crippen LogP contribution >= 0.6 is 0 Å². The summed E-state index contributed by atoms with van der Waals surface area (Å²) in [6, 6.07) is 14.6. The van der Waals surface area contributed by atoms with E-state index in [1.807, 2.05) is 0 Å². The minimum absolute atomic E-state index is 0.00749. The number of carbonyl (C=O) groups is 5. The van der Waals surface area contributed by atoms with Gasteiger partial charge in [0.2, 0.25) is 18.3 Å². The molecule has 0 bridgehead atoms. The van der Waals surface area contributed by atoms with Gasteiger partial charge in [0.05, 0.1) is 11.6 Å². The summed E-state index contributed by atoms with van der Waals surface area (Å²) in [7, 11) is 0. The third-order valence-electron chi connectivity index (χ3n) is 9.69. The lowest BCUT2D eigenvalue weighted by molar-refractivity contribution is -0.282. The van der Waals surface area contributed by atoms with E-state index in [0.29, 0.717) is 5.56 Å². The molecule has 4 aromatic rings. The van der Waals surface area contributed by atoms with Crippen LogP contribution in [0.1, 0.15) is 18.4 Å². The molecule has 0 aliphatic carbocycles. The molecule has 23 heteroatoms. The number of fused-ring (bicyclic) bond motifs is 1. The number of hydrogen-bond acceptors (Lipinski definition) is 20. The van der Waals surface area contributed by atoms with E-state index in [1.54, 1.807) is 0 Å². The lowest BCUT2D eigenvalue weighted by Gasteiger charge is -2.41. The van der Waals surface area contributed by atoms with Crippen molar-refractivity contribution in [1.82, 2.24) is 0 Å². The van der Waals surface area contributed by atoms with E-state index < -0.39 is 123 Å². The SMILES string of the molecule is O=C(O)CC(=O)OC[C@H]1O[C@@H](Oc2cc(O)cc3[o+]c(-c4ccc(O)cc4)c(O[C@@H]4O[C@H](COC(=O)/C=C/c5ccc(O)cc5)[C@@H](O)[C@H](O)[C@H]4O)cc23)[C@H](O)[C@@H](O)[C@@H]1OC(=O)CC(=O)O. The van der Waals surface area contributed by atoms with Gasteiger partial charge in [-0.3, -0.25) is 19.2 Å². The first-order valence-corrected chi connectivity index (χ1v) is 19.3. The number of aliphatic carboxylic acids is 2. The van der Waals surface area contributed by atoms with E-state index in [1.165, 1.54) is 60.7 Å². The van der Waals surface area contributed by atoms with Crippen molar-refractivity contribution in [3.05, 3.63) is 78.4 Å². The Labute approximate surface area is 365 Å². The van der Waals surface area contributed by atoms with Crippen LogP contribution < -0.4 is 9.47 Å². The van der Waals surface area contributed by atoms with Crippen molar-refractivity contribution < 1.29 is 113 Å². The summed E-state index contributed by atoms with van der Waals surface area (Å²) in [6.45, 7) is -1.56. The van der Waals surface area contributed by atoms with Crippen LogP contribution in [0.4, 0.5) is 0 Å². The van der Waals surface area contributed by atoms with Crippen molar-refractivity contribution in [1.29, 1.82) is 0 Å². The van der Waals surface area contributed by atoms with Gasteiger partial charge in [0.15, 0.2) is 6.10 Å². The first kappa shape index (κ1) is 47.4. The molecule has 346 valence electrons. The molecular formula is C42H41O23+. The zero-order valence-electron chi connectivity index (χ0n) is 33.4. The van der Waals surface area contributed by atoms with Gasteiger partial charge >= 0.3 is 41.2 Å². The first-order chi connectivity index (χ1) is 30.9. The zero-order valence-corrected chi connectivity index (χ0v) is 33.4. The van der Waals surface area contributed by atoms with Crippen molar-refractivity contribution >= 4 is 46.9 Å². The van der Waals surface area contributed by atoms with E-state index in [9.17, 15) is 64.8 Å². The van der Waals surface area contributed by atoms with Crippen LogP contribution in [-0.2, 0) is 47.7 Å². The van der Waals surface area contributed by atoms with Gasteiger partial charge in [0.25, 0.3) is 0 Å². The summed E-state index contributed by atoms with van der Waals surface area (Å²) in [5.41, 5.74) is 0.605. The molecule has 2 fully saturated rings. The molecule has 23 nitrogen and oxygen atoms in total. The molecule has 0 unspecified atom stereocenters. The van der Waals surface area contributed by atoms with Crippen LogP contribution in [0.15, 0.2) is 77.2 Å². The average molecular weight is 914 g/mol. The second kappa shape index (κ2) is 20.6. The predicted octanol–water partition coefficient (Wildman–Crippen LogP) is 0.171. The molecule has 0 saturated carbocycles. The highest BCUT2D eigenvalue weighted by Gasteiger charge is 2.50. The van der Waals surface area contributed by atoms with Gasteiger partial charge in [0.1, 0.15) is 97.2 Å². The van der Waals surface area contributed by atoms with E-state index in [0.717, 1.165) is 18.2 Å². The zero-order chi connectivity index (χ0) is 47.1. The van der Waals surface area contributed by atoms with Gasteiger partial charge in [-0.2, -0.15) is 0 Å². The van der Waals surface area contributed by atoms with Gasteiger partial charge in [-0.05, 0) is 48.0 Å². The number of carboxylic acids is 2. The fourth-order valence-corrected chi connectivity index (χ4v) is 6.48. The summed E-state index contributed by atoms with van der Waals surface area (Å²) in [5, 5.41) is 103. The number of hydrogen-bond donors (Lipinski definition) is 10.